The molecule has 2 aromatic rings. The van der Waals surface area contributed by atoms with Crippen LogP contribution < -0.4 is 15.0 Å². The number of carbonyl (C=O) groups excluding carboxylic acids is 2. The van der Waals surface area contributed by atoms with Gasteiger partial charge in [0.15, 0.2) is 0 Å². The van der Waals surface area contributed by atoms with Crippen molar-refractivity contribution in [1.82, 2.24) is 5.32 Å². The average Bonchev–Trinajstić information content (AvgIpc) is 3.08. The summed E-state index contributed by atoms with van der Waals surface area (Å²) in [6, 6.07) is 17.5. The first kappa shape index (κ1) is 19.3. The molecule has 6 heteroatoms. The van der Waals surface area contributed by atoms with Gasteiger partial charge in [0.25, 0.3) is 0 Å². The second kappa shape index (κ2) is 9.46. The van der Waals surface area contributed by atoms with E-state index in [0.29, 0.717) is 25.4 Å². The lowest BCUT2D eigenvalue weighted by molar-refractivity contribution is -0.126. The third kappa shape index (κ3) is 5.04. The Balaban J connectivity index is 1.52. The Kier molecular flexibility index (Phi) is 6.76. The van der Waals surface area contributed by atoms with Gasteiger partial charge in [0.1, 0.15) is 5.75 Å². The lowest BCUT2D eigenvalue weighted by Crippen LogP contribution is -2.34. The van der Waals surface area contributed by atoms with Crippen LogP contribution in [0, 0.1) is 5.92 Å². The summed E-state index contributed by atoms with van der Waals surface area (Å²) in [5, 5.41) is 2.96. The first-order valence-corrected chi connectivity index (χ1v) is 10.2. The second-order valence-electron chi connectivity index (χ2n) is 6.26. The monoisotopic (exact) mass is 384 g/mol. The van der Waals surface area contributed by atoms with Crippen LogP contribution in [0.1, 0.15) is 13.3 Å². The number of hydrogen-bond acceptors (Lipinski definition) is 4. The van der Waals surface area contributed by atoms with Crippen LogP contribution >= 0.6 is 11.8 Å². The highest BCUT2D eigenvalue weighted by Gasteiger charge is 2.36. The van der Waals surface area contributed by atoms with Crippen molar-refractivity contribution in [3.63, 3.8) is 0 Å². The van der Waals surface area contributed by atoms with Crippen LogP contribution in [-0.2, 0) is 9.59 Å². The molecule has 0 saturated carbocycles. The molecule has 142 valence electrons. The smallest absolute Gasteiger partial charge is 0.227 e. The third-order valence-electron chi connectivity index (χ3n) is 4.36. The van der Waals surface area contributed by atoms with Crippen molar-refractivity contribution in [3.05, 3.63) is 54.6 Å². The molecule has 1 fully saturated rings. The summed E-state index contributed by atoms with van der Waals surface area (Å²) in [7, 11) is 0. The van der Waals surface area contributed by atoms with Crippen molar-refractivity contribution in [2.45, 2.75) is 18.2 Å². The molecule has 1 heterocycles. The molecule has 1 aliphatic heterocycles. The third-order valence-corrected chi connectivity index (χ3v) is 5.38. The number of thioether (sulfide) groups is 1. The molecule has 5 nitrogen and oxygen atoms in total. The molecule has 0 aliphatic carbocycles. The Morgan fingerprint density at radius 2 is 1.93 bits per heavy atom. The van der Waals surface area contributed by atoms with Gasteiger partial charge in [-0.1, -0.05) is 30.3 Å². The van der Waals surface area contributed by atoms with Crippen LogP contribution in [0.5, 0.6) is 5.75 Å². The zero-order valence-corrected chi connectivity index (χ0v) is 16.2. The Bertz CT molecular complexity index is 782. The van der Waals surface area contributed by atoms with E-state index in [1.165, 1.54) is 4.90 Å². The van der Waals surface area contributed by atoms with Gasteiger partial charge < -0.3 is 15.0 Å². The molecule has 0 bridgehead atoms. The van der Waals surface area contributed by atoms with Crippen LogP contribution in [-0.4, -0.2) is 37.3 Å². The maximum Gasteiger partial charge on any atom is 0.227 e. The molecular formula is C21H24N2O3S. The van der Waals surface area contributed by atoms with Crippen molar-refractivity contribution in [3.8, 4) is 5.75 Å². The number of para-hydroxylation sites is 2. The van der Waals surface area contributed by atoms with E-state index in [2.05, 4.69) is 17.4 Å². The number of nitrogens with one attached hydrogen (secondary N) is 1. The molecule has 0 aromatic heterocycles. The van der Waals surface area contributed by atoms with E-state index in [4.69, 9.17) is 4.74 Å². The molecule has 1 atom stereocenters. The second-order valence-corrected chi connectivity index (χ2v) is 7.43. The Hall–Kier alpha value is -2.47. The zero-order valence-electron chi connectivity index (χ0n) is 15.4. The van der Waals surface area contributed by atoms with Crippen LogP contribution in [0.25, 0.3) is 0 Å². The minimum atomic E-state index is -0.325. The standard InChI is InChI=1S/C21H24N2O3S/c1-2-26-19-11-7-6-10-18(19)23-15-16(14-20(23)24)21(25)22-12-13-27-17-8-4-3-5-9-17/h3-11,16H,2,12-15H2,1H3,(H,22,25)/t16-/m0/s1. The maximum atomic E-state index is 12.5. The predicted octanol–water partition coefficient (Wildman–Crippen LogP) is 3.35. The van der Waals surface area contributed by atoms with Gasteiger partial charge in [-0.25, -0.2) is 0 Å². The number of carbonyl (C=O) groups is 2. The summed E-state index contributed by atoms with van der Waals surface area (Å²) >= 11 is 1.70. The first-order chi connectivity index (χ1) is 13.2. The summed E-state index contributed by atoms with van der Waals surface area (Å²) in [5.41, 5.74) is 0.735. The van der Waals surface area contributed by atoms with E-state index < -0.39 is 0 Å². The fourth-order valence-corrected chi connectivity index (χ4v) is 3.87. The van der Waals surface area contributed by atoms with Gasteiger partial charge >= 0.3 is 0 Å². The summed E-state index contributed by atoms with van der Waals surface area (Å²) in [6.45, 7) is 3.41. The normalized spacial score (nSPS) is 16.4. The van der Waals surface area contributed by atoms with Gasteiger partial charge in [-0.15, -0.1) is 11.8 Å². The molecule has 1 aliphatic rings. The molecule has 1 saturated heterocycles. The van der Waals surface area contributed by atoms with Gasteiger partial charge in [-0.05, 0) is 31.2 Å². The quantitative estimate of drug-likeness (QED) is 0.560. The first-order valence-electron chi connectivity index (χ1n) is 9.16. The Morgan fingerprint density at radius 1 is 1.19 bits per heavy atom. The van der Waals surface area contributed by atoms with E-state index in [0.717, 1.165) is 11.4 Å². The molecular weight excluding hydrogens is 360 g/mol. The number of ether oxygens (including phenoxy) is 1. The van der Waals surface area contributed by atoms with Gasteiger partial charge in [0, 0.05) is 30.2 Å². The highest BCUT2D eigenvalue weighted by molar-refractivity contribution is 7.99. The largest absolute Gasteiger partial charge is 0.492 e. The van der Waals surface area contributed by atoms with Crippen LogP contribution in [0.2, 0.25) is 0 Å². The number of anilines is 1. The van der Waals surface area contributed by atoms with Crippen molar-refractivity contribution in [1.29, 1.82) is 0 Å². The van der Waals surface area contributed by atoms with Crippen LogP contribution in [0.4, 0.5) is 5.69 Å². The Morgan fingerprint density at radius 3 is 2.70 bits per heavy atom. The summed E-state index contributed by atoms with van der Waals surface area (Å²) in [4.78, 5) is 27.7. The molecule has 3 rings (SSSR count). The number of hydrogen-bond donors (Lipinski definition) is 1. The van der Waals surface area contributed by atoms with E-state index >= 15 is 0 Å². The van der Waals surface area contributed by atoms with Gasteiger partial charge in [-0.2, -0.15) is 0 Å². The van der Waals surface area contributed by atoms with Crippen LogP contribution in [0.3, 0.4) is 0 Å². The molecule has 0 spiro atoms. The number of nitrogens with zero attached hydrogens (tertiary/aromatic N) is 1. The number of benzene rings is 2. The zero-order chi connectivity index (χ0) is 19.1. The molecule has 27 heavy (non-hydrogen) atoms. The minimum Gasteiger partial charge on any atom is -0.492 e. The maximum absolute atomic E-state index is 12.5. The predicted molar refractivity (Wildman–Crippen MR) is 108 cm³/mol. The van der Waals surface area contributed by atoms with E-state index in [9.17, 15) is 9.59 Å². The van der Waals surface area contributed by atoms with E-state index in [1.807, 2.05) is 49.4 Å². The fraction of sp³-hybridized carbons (Fsp3) is 0.333. The van der Waals surface area contributed by atoms with Crippen molar-refractivity contribution >= 4 is 29.3 Å². The van der Waals surface area contributed by atoms with Crippen molar-refractivity contribution in [2.75, 3.05) is 30.3 Å². The van der Waals surface area contributed by atoms with E-state index in [1.54, 1.807) is 16.7 Å². The molecule has 2 aromatic carbocycles. The summed E-state index contributed by atoms with van der Waals surface area (Å²) in [5.74, 6) is 1.05. The van der Waals surface area contributed by atoms with Gasteiger partial charge in [0.05, 0.1) is 18.2 Å². The summed E-state index contributed by atoms with van der Waals surface area (Å²) < 4.78 is 5.62. The van der Waals surface area contributed by atoms with E-state index in [-0.39, 0.29) is 24.2 Å². The fourth-order valence-electron chi connectivity index (χ4n) is 3.08. The molecule has 0 radical (unpaired) electrons. The molecule has 1 N–H and O–H groups in total. The lowest BCUT2D eigenvalue weighted by Gasteiger charge is -2.20. The SMILES string of the molecule is CCOc1ccccc1N1C[C@@H](C(=O)NCCSc2ccccc2)CC1=O. The lowest BCUT2D eigenvalue weighted by atomic mass is 10.1. The number of rotatable bonds is 8. The average molecular weight is 385 g/mol. The Labute approximate surface area is 164 Å². The highest BCUT2D eigenvalue weighted by atomic mass is 32.2. The molecule has 2 amide bonds. The van der Waals surface area contributed by atoms with Crippen LogP contribution in [0.15, 0.2) is 59.5 Å². The topological polar surface area (TPSA) is 58.6 Å². The molecule has 0 unspecified atom stereocenters. The number of amides is 2. The van der Waals surface area contributed by atoms with Crippen molar-refractivity contribution in [2.24, 2.45) is 5.92 Å². The van der Waals surface area contributed by atoms with Gasteiger partial charge in [0.2, 0.25) is 11.8 Å². The highest BCUT2D eigenvalue weighted by Crippen LogP contribution is 2.33. The summed E-state index contributed by atoms with van der Waals surface area (Å²) in [6.07, 6.45) is 0.234. The van der Waals surface area contributed by atoms with Crippen molar-refractivity contribution < 1.29 is 14.3 Å². The minimum absolute atomic E-state index is 0.0408. The van der Waals surface area contributed by atoms with Gasteiger partial charge in [-0.3, -0.25) is 9.59 Å².